The van der Waals surface area contributed by atoms with E-state index in [1.165, 1.54) is 91.2 Å². The standard InChI is InChI=1S/C84H70N4Si2/c1-83(2,3)61-56-75-74-55-58(78-72-49-27-25-47-70(72)71-48-26-28-50-73(71)78)51-52-77(74)88(79(75)76(57-61)84(4,5)6)82-86-80(59-31-29-45-68(53-59)89(62-33-13-7-14-34-62,63-35-15-8-16-36-63)64-37-17-9-18-38-64)85-81(87-82)60-32-30-46-69(54-60)90(65-39-19-10-20-40-65,66-41-21-11-22-42-66)67-43-23-12-24-44-67/h7-57,78H,1-6H3. The lowest BCUT2D eigenvalue weighted by atomic mass is 9.79. The quantitative estimate of drug-likeness (QED) is 0.0904. The van der Waals surface area contributed by atoms with Crippen LogP contribution < -0.4 is 41.5 Å². The summed E-state index contributed by atoms with van der Waals surface area (Å²) in [5.74, 6) is 1.84. The first kappa shape index (κ1) is 56.4. The molecule has 0 aliphatic heterocycles. The van der Waals surface area contributed by atoms with Crippen LogP contribution in [0.3, 0.4) is 0 Å². The highest BCUT2D eigenvalue weighted by Gasteiger charge is 2.43. The fraction of sp³-hybridized carbons (Fsp3) is 0.107. The molecule has 0 radical (unpaired) electrons. The van der Waals surface area contributed by atoms with Gasteiger partial charge >= 0.3 is 0 Å². The SMILES string of the molecule is CC(C)(C)c1cc(C(C)(C)C)c2c(c1)c1cc(C3c4ccccc4-c4ccccc43)ccc1n2-c1nc(-c2cccc([Si](c3ccccc3)(c3ccccc3)c3ccccc3)c2)nc(-c2cccc([Si](c3ccccc3)(c3ccccc3)c3ccccc3)c2)n1. The largest absolute Gasteiger partial charge is 0.277 e. The zero-order valence-corrected chi connectivity index (χ0v) is 53.8. The molecule has 2 aromatic heterocycles. The molecule has 90 heavy (non-hydrogen) atoms. The summed E-state index contributed by atoms with van der Waals surface area (Å²) in [6, 6.07) is 115. The van der Waals surface area contributed by atoms with Crippen molar-refractivity contribution in [1.29, 1.82) is 0 Å². The Bertz CT molecular complexity index is 4530. The normalized spacial score (nSPS) is 12.7. The van der Waals surface area contributed by atoms with Gasteiger partial charge in [-0.2, -0.15) is 9.97 Å². The first-order valence-corrected chi connectivity index (χ1v) is 35.5. The Labute approximate surface area is 531 Å². The predicted molar refractivity (Wildman–Crippen MR) is 382 cm³/mol. The van der Waals surface area contributed by atoms with Gasteiger partial charge in [-0.1, -0.05) is 333 Å². The van der Waals surface area contributed by atoms with Crippen molar-refractivity contribution >= 4 is 79.4 Å². The van der Waals surface area contributed by atoms with E-state index in [0.29, 0.717) is 17.6 Å². The zero-order valence-electron chi connectivity index (χ0n) is 51.8. The minimum atomic E-state index is -2.99. The molecule has 14 aromatic rings. The first-order valence-electron chi connectivity index (χ1n) is 31.5. The van der Waals surface area contributed by atoms with Crippen LogP contribution in [0.2, 0.25) is 0 Å². The summed E-state index contributed by atoms with van der Waals surface area (Å²) >= 11 is 0. The molecule has 12 aromatic carbocycles. The van der Waals surface area contributed by atoms with Crippen molar-refractivity contribution in [3.05, 3.63) is 337 Å². The average Bonchev–Trinajstić information content (AvgIpc) is 1.35. The maximum absolute atomic E-state index is 5.85. The van der Waals surface area contributed by atoms with Crippen LogP contribution in [0.4, 0.5) is 0 Å². The highest BCUT2D eigenvalue weighted by molar-refractivity contribution is 7.20. The molecule has 0 spiro atoms. The number of aromatic nitrogens is 4. The van der Waals surface area contributed by atoms with Crippen LogP contribution in [-0.2, 0) is 10.8 Å². The van der Waals surface area contributed by atoms with E-state index in [2.05, 4.69) is 355 Å². The minimum Gasteiger partial charge on any atom is -0.277 e. The summed E-state index contributed by atoms with van der Waals surface area (Å²) in [5.41, 5.74) is 12.6. The van der Waals surface area contributed by atoms with Gasteiger partial charge in [0.2, 0.25) is 5.95 Å². The molecule has 0 unspecified atom stereocenters. The van der Waals surface area contributed by atoms with E-state index < -0.39 is 16.1 Å². The molecule has 0 bridgehead atoms. The molecule has 4 nitrogen and oxygen atoms in total. The van der Waals surface area contributed by atoms with E-state index >= 15 is 0 Å². The number of benzene rings is 12. The van der Waals surface area contributed by atoms with Crippen LogP contribution in [0, 0.1) is 0 Å². The molecule has 0 amide bonds. The van der Waals surface area contributed by atoms with Crippen LogP contribution in [-0.4, -0.2) is 35.7 Å². The highest BCUT2D eigenvalue weighted by atomic mass is 28.3. The van der Waals surface area contributed by atoms with E-state index in [1.54, 1.807) is 0 Å². The number of rotatable bonds is 12. The molecule has 2 heterocycles. The van der Waals surface area contributed by atoms with Crippen LogP contribution in [0.25, 0.3) is 61.7 Å². The fourth-order valence-electron chi connectivity index (χ4n) is 14.7. The van der Waals surface area contributed by atoms with Crippen molar-refractivity contribution in [3.63, 3.8) is 0 Å². The molecule has 0 fully saturated rings. The topological polar surface area (TPSA) is 43.6 Å². The third kappa shape index (κ3) is 9.44. The Morgan fingerprint density at radius 3 is 1.09 bits per heavy atom. The van der Waals surface area contributed by atoms with Gasteiger partial charge in [-0.25, -0.2) is 4.98 Å². The Balaban J connectivity index is 1.03. The van der Waals surface area contributed by atoms with Crippen LogP contribution in [0.1, 0.15) is 75.3 Å². The van der Waals surface area contributed by atoms with Gasteiger partial charge in [-0.3, -0.25) is 4.57 Å². The monoisotopic (exact) mass is 1190 g/mol. The van der Waals surface area contributed by atoms with Gasteiger partial charge in [-0.15, -0.1) is 0 Å². The summed E-state index contributed by atoms with van der Waals surface area (Å²) in [4.78, 5) is 17.4. The molecule has 0 atom stereocenters. The third-order valence-corrected chi connectivity index (χ3v) is 28.4. The minimum absolute atomic E-state index is 0.0691. The molecule has 6 heteroatoms. The van der Waals surface area contributed by atoms with Gasteiger partial charge < -0.3 is 0 Å². The zero-order chi connectivity index (χ0) is 61.2. The van der Waals surface area contributed by atoms with Crippen molar-refractivity contribution in [2.45, 2.75) is 58.3 Å². The van der Waals surface area contributed by atoms with Gasteiger partial charge in [0, 0.05) is 27.8 Å². The predicted octanol–water partition coefficient (Wildman–Crippen LogP) is 14.8. The van der Waals surface area contributed by atoms with Crippen LogP contribution >= 0.6 is 0 Å². The van der Waals surface area contributed by atoms with Crippen molar-refractivity contribution < 1.29 is 0 Å². The Morgan fingerprint density at radius 2 is 0.700 bits per heavy atom. The number of hydrogen-bond acceptors (Lipinski definition) is 3. The Hall–Kier alpha value is -10.1. The van der Waals surface area contributed by atoms with E-state index in [9.17, 15) is 0 Å². The lowest BCUT2D eigenvalue weighted by Crippen LogP contribution is -2.74. The highest BCUT2D eigenvalue weighted by Crippen LogP contribution is 2.49. The molecule has 1 aliphatic rings. The molecule has 434 valence electrons. The molecular weight excluding hydrogens is 1120 g/mol. The van der Waals surface area contributed by atoms with Crippen molar-refractivity contribution in [2.24, 2.45) is 0 Å². The van der Waals surface area contributed by atoms with Crippen molar-refractivity contribution in [3.8, 4) is 39.9 Å². The van der Waals surface area contributed by atoms with E-state index in [-0.39, 0.29) is 16.7 Å². The Kier molecular flexibility index (Phi) is 14.1. The average molecular weight is 1190 g/mol. The van der Waals surface area contributed by atoms with Crippen molar-refractivity contribution in [2.75, 3.05) is 0 Å². The van der Waals surface area contributed by atoms with E-state index in [1.807, 2.05) is 0 Å². The third-order valence-electron chi connectivity index (χ3n) is 18.9. The second-order valence-corrected chi connectivity index (χ2v) is 33.9. The molecule has 0 saturated heterocycles. The molecule has 1 aliphatic carbocycles. The Morgan fingerprint density at radius 1 is 0.322 bits per heavy atom. The molecular formula is C84H70N4Si2. The molecule has 15 rings (SSSR count). The second-order valence-electron chi connectivity index (χ2n) is 26.3. The van der Waals surface area contributed by atoms with Crippen molar-refractivity contribution in [1.82, 2.24) is 19.5 Å². The summed E-state index contributed by atoms with van der Waals surface area (Å²) in [5, 5.41) is 12.6. The summed E-state index contributed by atoms with van der Waals surface area (Å²) < 4.78 is 2.38. The van der Waals surface area contributed by atoms with Gasteiger partial charge in [0.15, 0.2) is 27.8 Å². The van der Waals surface area contributed by atoms with Gasteiger partial charge in [0.25, 0.3) is 0 Å². The van der Waals surface area contributed by atoms with Crippen LogP contribution in [0.15, 0.2) is 309 Å². The van der Waals surface area contributed by atoms with E-state index in [0.717, 1.165) is 22.2 Å². The summed E-state index contributed by atoms with van der Waals surface area (Å²) in [6.45, 7) is 14.0. The lowest BCUT2D eigenvalue weighted by Gasteiger charge is -2.34. The lowest BCUT2D eigenvalue weighted by molar-refractivity contribution is 0.572. The van der Waals surface area contributed by atoms with Crippen LogP contribution in [0.5, 0.6) is 0 Å². The summed E-state index contributed by atoms with van der Waals surface area (Å²) in [7, 11) is -5.98. The molecule has 0 saturated carbocycles. The number of nitrogens with zero attached hydrogens (tertiary/aromatic N) is 4. The maximum atomic E-state index is 5.85. The fourth-order valence-corrected chi connectivity index (χ4v) is 24.3. The number of fused-ring (bicyclic) bond motifs is 6. The van der Waals surface area contributed by atoms with Gasteiger partial charge in [-0.05, 0) is 109 Å². The maximum Gasteiger partial charge on any atom is 0.238 e. The number of hydrogen-bond donors (Lipinski definition) is 0. The smallest absolute Gasteiger partial charge is 0.238 e. The molecule has 0 N–H and O–H groups in total. The van der Waals surface area contributed by atoms with Gasteiger partial charge in [0.05, 0.1) is 11.0 Å². The second kappa shape index (κ2) is 22.5. The van der Waals surface area contributed by atoms with E-state index in [4.69, 9.17) is 15.0 Å². The first-order chi connectivity index (χ1) is 43.9. The van der Waals surface area contributed by atoms with Gasteiger partial charge in [0.1, 0.15) is 0 Å². The summed E-state index contributed by atoms with van der Waals surface area (Å²) in [6.07, 6.45) is 0.